The fourth-order valence-corrected chi connectivity index (χ4v) is 1.67. The van der Waals surface area contributed by atoms with Crippen molar-refractivity contribution in [3.8, 4) is 0 Å². The van der Waals surface area contributed by atoms with Crippen LogP contribution in [0.15, 0.2) is 24.4 Å². The van der Waals surface area contributed by atoms with Crippen LogP contribution in [0.25, 0.3) is 10.9 Å². The van der Waals surface area contributed by atoms with E-state index in [-0.39, 0.29) is 12.5 Å². The summed E-state index contributed by atoms with van der Waals surface area (Å²) in [5.41, 5.74) is 7.28. The number of nitrogens with one attached hydrogen (secondary N) is 1. The molecular weight excluding hydrogens is 216 g/mol. The highest BCUT2D eigenvalue weighted by Crippen LogP contribution is 2.16. The zero-order valence-corrected chi connectivity index (χ0v) is 9.81. The Bertz CT molecular complexity index is 532. The van der Waals surface area contributed by atoms with Gasteiger partial charge in [0.1, 0.15) is 6.54 Å². The standard InChI is InChI=1S/C12H16N4O/c1-2-5-14-12(17)8-16-11-6-10(13)4-3-9(11)7-15-16/h3-4,6-7H,2,5,8,13H2,1H3,(H,14,17). The van der Waals surface area contributed by atoms with E-state index >= 15 is 0 Å². The number of hydrogen-bond donors (Lipinski definition) is 2. The maximum absolute atomic E-state index is 11.6. The number of aromatic nitrogens is 2. The molecule has 17 heavy (non-hydrogen) atoms. The Morgan fingerprint density at radius 2 is 2.35 bits per heavy atom. The molecule has 1 aromatic carbocycles. The van der Waals surface area contributed by atoms with Crippen LogP contribution in [-0.4, -0.2) is 22.2 Å². The average molecular weight is 232 g/mol. The average Bonchev–Trinajstić information content (AvgIpc) is 2.69. The van der Waals surface area contributed by atoms with E-state index in [2.05, 4.69) is 10.4 Å². The number of carbonyl (C=O) groups is 1. The molecular formula is C12H16N4O. The van der Waals surface area contributed by atoms with Crippen molar-refractivity contribution in [3.63, 3.8) is 0 Å². The van der Waals surface area contributed by atoms with Crippen LogP contribution in [0.2, 0.25) is 0 Å². The smallest absolute Gasteiger partial charge is 0.241 e. The normalized spacial score (nSPS) is 10.6. The van der Waals surface area contributed by atoms with Crippen molar-refractivity contribution in [1.29, 1.82) is 0 Å². The number of anilines is 1. The lowest BCUT2D eigenvalue weighted by Gasteiger charge is -2.05. The molecule has 2 rings (SSSR count). The maximum atomic E-state index is 11.6. The number of fused-ring (bicyclic) bond motifs is 1. The van der Waals surface area contributed by atoms with E-state index in [9.17, 15) is 4.79 Å². The highest BCUT2D eigenvalue weighted by Gasteiger charge is 2.07. The van der Waals surface area contributed by atoms with Crippen LogP contribution in [0, 0.1) is 0 Å². The van der Waals surface area contributed by atoms with E-state index in [0.29, 0.717) is 12.2 Å². The summed E-state index contributed by atoms with van der Waals surface area (Å²) in [5, 5.41) is 7.99. The zero-order valence-electron chi connectivity index (χ0n) is 9.81. The Hall–Kier alpha value is -2.04. The van der Waals surface area contributed by atoms with Gasteiger partial charge >= 0.3 is 0 Å². The molecule has 5 heteroatoms. The van der Waals surface area contributed by atoms with Gasteiger partial charge in [-0.15, -0.1) is 0 Å². The molecule has 5 nitrogen and oxygen atoms in total. The first-order valence-electron chi connectivity index (χ1n) is 5.68. The quantitative estimate of drug-likeness (QED) is 0.776. The first-order valence-corrected chi connectivity index (χ1v) is 5.68. The van der Waals surface area contributed by atoms with E-state index in [4.69, 9.17) is 5.73 Å². The van der Waals surface area contributed by atoms with Crippen LogP contribution in [0.1, 0.15) is 13.3 Å². The lowest BCUT2D eigenvalue weighted by molar-refractivity contribution is -0.121. The number of amides is 1. The van der Waals surface area contributed by atoms with Gasteiger partial charge < -0.3 is 11.1 Å². The van der Waals surface area contributed by atoms with Gasteiger partial charge in [0.05, 0.1) is 11.7 Å². The fourth-order valence-electron chi connectivity index (χ4n) is 1.67. The van der Waals surface area contributed by atoms with E-state index in [1.165, 1.54) is 0 Å². The van der Waals surface area contributed by atoms with Gasteiger partial charge in [-0.2, -0.15) is 5.10 Å². The van der Waals surface area contributed by atoms with Crippen LogP contribution in [0.3, 0.4) is 0 Å². The SMILES string of the molecule is CCCNC(=O)Cn1ncc2ccc(N)cc21. The predicted molar refractivity (Wildman–Crippen MR) is 67.4 cm³/mol. The molecule has 3 N–H and O–H groups in total. The fraction of sp³-hybridized carbons (Fsp3) is 0.333. The van der Waals surface area contributed by atoms with E-state index < -0.39 is 0 Å². The Labute approximate surface area is 99.6 Å². The van der Waals surface area contributed by atoms with Gasteiger partial charge in [-0.05, 0) is 24.6 Å². The second kappa shape index (κ2) is 4.86. The van der Waals surface area contributed by atoms with E-state index in [1.54, 1.807) is 10.9 Å². The lowest BCUT2D eigenvalue weighted by atomic mass is 10.2. The molecule has 0 saturated heterocycles. The van der Waals surface area contributed by atoms with Crippen molar-refractivity contribution in [1.82, 2.24) is 15.1 Å². The van der Waals surface area contributed by atoms with Crippen LogP contribution < -0.4 is 11.1 Å². The third kappa shape index (κ3) is 2.55. The number of nitrogens with two attached hydrogens (primary N) is 1. The zero-order chi connectivity index (χ0) is 12.3. The highest BCUT2D eigenvalue weighted by molar-refractivity contribution is 5.84. The highest BCUT2D eigenvalue weighted by atomic mass is 16.2. The topological polar surface area (TPSA) is 72.9 Å². The second-order valence-electron chi connectivity index (χ2n) is 3.97. The van der Waals surface area contributed by atoms with E-state index in [0.717, 1.165) is 17.3 Å². The van der Waals surface area contributed by atoms with Crippen LogP contribution in [-0.2, 0) is 11.3 Å². The van der Waals surface area contributed by atoms with Gasteiger partial charge in [0.25, 0.3) is 0 Å². The van der Waals surface area contributed by atoms with Gasteiger partial charge in [-0.25, -0.2) is 0 Å². The summed E-state index contributed by atoms with van der Waals surface area (Å²) >= 11 is 0. The molecule has 0 aliphatic heterocycles. The first kappa shape index (κ1) is 11.4. The summed E-state index contributed by atoms with van der Waals surface area (Å²) in [7, 11) is 0. The van der Waals surface area contributed by atoms with Gasteiger partial charge in [0.2, 0.25) is 5.91 Å². The molecule has 1 amide bonds. The maximum Gasteiger partial charge on any atom is 0.241 e. The number of hydrogen-bond acceptors (Lipinski definition) is 3. The number of benzene rings is 1. The first-order chi connectivity index (χ1) is 8.20. The van der Waals surface area contributed by atoms with Gasteiger partial charge in [-0.3, -0.25) is 9.48 Å². The van der Waals surface area contributed by atoms with Crippen LogP contribution in [0.4, 0.5) is 5.69 Å². The predicted octanol–water partition coefficient (Wildman–Crippen LogP) is 1.14. The van der Waals surface area contributed by atoms with Gasteiger partial charge in [-0.1, -0.05) is 6.92 Å². The minimum absolute atomic E-state index is 0.0284. The number of carbonyl (C=O) groups excluding carboxylic acids is 1. The van der Waals surface area contributed by atoms with Crippen molar-refractivity contribution in [2.24, 2.45) is 0 Å². The molecule has 1 heterocycles. The monoisotopic (exact) mass is 232 g/mol. The van der Waals surface area contributed by atoms with Gasteiger partial charge in [0, 0.05) is 17.6 Å². The molecule has 0 fully saturated rings. The molecule has 0 aliphatic carbocycles. The Kier molecular flexibility index (Phi) is 3.27. The van der Waals surface area contributed by atoms with Crippen molar-refractivity contribution in [3.05, 3.63) is 24.4 Å². The minimum Gasteiger partial charge on any atom is -0.399 e. The Balaban J connectivity index is 2.18. The summed E-state index contributed by atoms with van der Waals surface area (Å²) in [6.45, 7) is 2.94. The largest absolute Gasteiger partial charge is 0.399 e. The van der Waals surface area contributed by atoms with Crippen LogP contribution in [0.5, 0.6) is 0 Å². The molecule has 0 unspecified atom stereocenters. The third-order valence-electron chi connectivity index (χ3n) is 2.53. The Morgan fingerprint density at radius 1 is 1.53 bits per heavy atom. The molecule has 0 atom stereocenters. The third-order valence-corrected chi connectivity index (χ3v) is 2.53. The summed E-state index contributed by atoms with van der Waals surface area (Å²) in [5.74, 6) is -0.0284. The summed E-state index contributed by atoms with van der Waals surface area (Å²) in [6.07, 6.45) is 2.67. The number of rotatable bonds is 4. The summed E-state index contributed by atoms with van der Waals surface area (Å²) in [6, 6.07) is 5.55. The van der Waals surface area contributed by atoms with Gasteiger partial charge in [0.15, 0.2) is 0 Å². The molecule has 0 bridgehead atoms. The van der Waals surface area contributed by atoms with Crippen molar-refractivity contribution in [2.45, 2.75) is 19.9 Å². The Morgan fingerprint density at radius 3 is 3.12 bits per heavy atom. The molecule has 0 radical (unpaired) electrons. The van der Waals surface area contributed by atoms with Crippen LogP contribution >= 0.6 is 0 Å². The molecule has 0 saturated carbocycles. The summed E-state index contributed by atoms with van der Waals surface area (Å²) in [4.78, 5) is 11.6. The van der Waals surface area contributed by atoms with E-state index in [1.807, 2.05) is 25.1 Å². The molecule has 1 aromatic heterocycles. The molecule has 0 spiro atoms. The van der Waals surface area contributed by atoms with Crippen molar-refractivity contribution >= 4 is 22.5 Å². The number of nitrogens with zero attached hydrogens (tertiary/aromatic N) is 2. The molecule has 2 aromatic rings. The molecule has 0 aliphatic rings. The minimum atomic E-state index is -0.0284. The van der Waals surface area contributed by atoms with Crippen molar-refractivity contribution in [2.75, 3.05) is 12.3 Å². The number of nitrogen functional groups attached to an aromatic ring is 1. The summed E-state index contributed by atoms with van der Waals surface area (Å²) < 4.78 is 1.66. The van der Waals surface area contributed by atoms with Crippen molar-refractivity contribution < 1.29 is 4.79 Å². The lowest BCUT2D eigenvalue weighted by Crippen LogP contribution is -2.28. The second-order valence-corrected chi connectivity index (χ2v) is 3.97. The molecule has 90 valence electrons.